The monoisotopic (exact) mass is 730 g/mol. The molecule has 42 heavy (non-hydrogen) atoms. The number of hydrogen-bond acceptors (Lipinski definition) is 0. The van der Waals surface area contributed by atoms with E-state index in [1.165, 1.54) is 44.5 Å². The SMILES string of the molecule is CC(C)C1=Cc2c(-c3ccccc3)cccc2C1C(C)[Si]C(C)C1C(C(C)C)=Cc2c(-c3ccccc3)cccc21.[Hf]. The maximum absolute atomic E-state index is 2.54. The van der Waals surface area contributed by atoms with Crippen LogP contribution in [0.5, 0.6) is 0 Å². The molecule has 6 rings (SSSR count). The first kappa shape index (κ1) is 30.9. The molecule has 4 unspecified atom stereocenters. The van der Waals surface area contributed by atoms with Gasteiger partial charge in [-0.25, -0.2) is 0 Å². The maximum atomic E-state index is 2.54. The molecule has 0 fully saturated rings. The summed E-state index contributed by atoms with van der Waals surface area (Å²) in [5, 5.41) is 0. The first-order valence-electron chi connectivity index (χ1n) is 15.4. The van der Waals surface area contributed by atoms with Gasteiger partial charge in [0.05, 0.1) is 0 Å². The zero-order valence-corrected chi connectivity index (χ0v) is 30.4. The van der Waals surface area contributed by atoms with Crippen molar-refractivity contribution in [1.82, 2.24) is 0 Å². The molecule has 2 aliphatic rings. The first-order chi connectivity index (χ1) is 19.8. The van der Waals surface area contributed by atoms with Crippen molar-refractivity contribution < 1.29 is 25.8 Å². The molecule has 4 aromatic carbocycles. The minimum Gasteiger partial charge on any atom is -0.0644 e. The normalized spacial score (nSPS) is 18.7. The molecule has 0 aliphatic heterocycles. The number of allylic oxidation sites excluding steroid dienone is 2. The number of benzene rings is 4. The van der Waals surface area contributed by atoms with Crippen LogP contribution in [0.2, 0.25) is 11.1 Å². The second-order valence-electron chi connectivity index (χ2n) is 12.6. The molecule has 0 heterocycles. The van der Waals surface area contributed by atoms with E-state index in [2.05, 4.69) is 151 Å². The van der Waals surface area contributed by atoms with Gasteiger partial charge >= 0.3 is 0 Å². The van der Waals surface area contributed by atoms with Crippen molar-refractivity contribution in [3.8, 4) is 22.3 Å². The first-order valence-corrected chi connectivity index (χ1v) is 16.6. The second-order valence-corrected chi connectivity index (χ2v) is 14.8. The van der Waals surface area contributed by atoms with Crippen molar-refractivity contribution in [1.29, 1.82) is 0 Å². The van der Waals surface area contributed by atoms with Crippen LogP contribution in [0, 0.1) is 11.8 Å². The molecule has 2 heteroatoms. The van der Waals surface area contributed by atoms with E-state index in [-0.39, 0.29) is 25.8 Å². The molecule has 0 spiro atoms. The van der Waals surface area contributed by atoms with Crippen LogP contribution in [-0.4, -0.2) is 9.52 Å². The Hall–Kier alpha value is -2.55. The van der Waals surface area contributed by atoms with E-state index in [4.69, 9.17) is 0 Å². The van der Waals surface area contributed by atoms with Crippen molar-refractivity contribution in [2.75, 3.05) is 0 Å². The summed E-state index contributed by atoms with van der Waals surface area (Å²) in [5.41, 5.74) is 15.7. The molecule has 210 valence electrons. The van der Waals surface area contributed by atoms with Gasteiger partial charge in [-0.15, -0.1) is 0 Å². The van der Waals surface area contributed by atoms with Gasteiger partial charge in [-0.3, -0.25) is 0 Å². The maximum Gasteiger partial charge on any atom is 0.0462 e. The van der Waals surface area contributed by atoms with Crippen LogP contribution in [0.15, 0.2) is 108 Å². The van der Waals surface area contributed by atoms with E-state index < -0.39 is 0 Å². The third kappa shape index (κ3) is 5.70. The summed E-state index contributed by atoms with van der Waals surface area (Å²) in [6, 6.07) is 35.8. The van der Waals surface area contributed by atoms with E-state index in [1.807, 2.05) is 0 Å². The van der Waals surface area contributed by atoms with Gasteiger partial charge in [0.25, 0.3) is 0 Å². The van der Waals surface area contributed by atoms with Crippen molar-refractivity contribution in [3.63, 3.8) is 0 Å². The van der Waals surface area contributed by atoms with E-state index >= 15 is 0 Å². The molecule has 4 aromatic rings. The fourth-order valence-corrected chi connectivity index (χ4v) is 9.37. The molecule has 0 N–H and O–H groups in total. The predicted molar refractivity (Wildman–Crippen MR) is 179 cm³/mol. The minimum absolute atomic E-state index is 0. The van der Waals surface area contributed by atoms with Crippen molar-refractivity contribution in [2.45, 2.75) is 64.5 Å². The Morgan fingerprint density at radius 2 is 0.857 bits per heavy atom. The Morgan fingerprint density at radius 1 is 0.476 bits per heavy atom. The molecule has 0 aromatic heterocycles. The average Bonchev–Trinajstić information content (AvgIpc) is 3.58. The Labute approximate surface area is 275 Å². The Bertz CT molecular complexity index is 1470. The summed E-state index contributed by atoms with van der Waals surface area (Å²) < 4.78 is 0. The molecule has 0 saturated carbocycles. The summed E-state index contributed by atoms with van der Waals surface area (Å²) >= 11 is 0. The summed E-state index contributed by atoms with van der Waals surface area (Å²) in [6.07, 6.45) is 5.07. The second kappa shape index (κ2) is 13.0. The van der Waals surface area contributed by atoms with Gasteiger partial charge in [-0.05, 0) is 67.4 Å². The number of hydrogen-bond donors (Lipinski definition) is 0. The van der Waals surface area contributed by atoms with Crippen molar-refractivity contribution >= 4 is 21.7 Å². The molecular formula is C40H42HfSi. The quantitative estimate of drug-likeness (QED) is 0.159. The summed E-state index contributed by atoms with van der Waals surface area (Å²) in [6.45, 7) is 14.6. The van der Waals surface area contributed by atoms with Crippen LogP contribution in [0.1, 0.15) is 75.6 Å². The molecular weight excluding hydrogens is 687 g/mol. The third-order valence-corrected chi connectivity index (χ3v) is 11.0. The van der Waals surface area contributed by atoms with Crippen LogP contribution in [-0.2, 0) is 25.8 Å². The summed E-state index contributed by atoms with van der Waals surface area (Å²) in [4.78, 5) is 0. The molecule has 0 saturated heterocycles. The fourth-order valence-electron chi connectivity index (χ4n) is 7.42. The fraction of sp³-hybridized carbons (Fsp3) is 0.300. The number of fused-ring (bicyclic) bond motifs is 2. The van der Waals surface area contributed by atoms with Crippen LogP contribution in [0.25, 0.3) is 34.4 Å². The van der Waals surface area contributed by atoms with Crippen LogP contribution < -0.4 is 0 Å². The zero-order valence-electron chi connectivity index (χ0n) is 25.9. The molecule has 2 aliphatic carbocycles. The van der Waals surface area contributed by atoms with E-state index in [0.29, 0.717) is 34.8 Å². The molecule has 0 nitrogen and oxygen atoms in total. The van der Waals surface area contributed by atoms with Gasteiger partial charge in [-0.1, -0.05) is 162 Å². The Kier molecular flexibility index (Phi) is 9.55. The minimum atomic E-state index is 0. The van der Waals surface area contributed by atoms with Crippen LogP contribution >= 0.6 is 0 Å². The molecule has 4 atom stereocenters. The average molecular weight is 729 g/mol. The van der Waals surface area contributed by atoms with Gasteiger partial charge in [0.1, 0.15) is 0 Å². The predicted octanol–water partition coefficient (Wildman–Crippen LogP) is 11.3. The molecule has 0 bridgehead atoms. The Balaban J connectivity index is 0.00000353. The number of rotatable bonds is 8. The third-order valence-electron chi connectivity index (χ3n) is 9.32. The standard InChI is InChI=1S/C40H42Si.Hf/c1-25(2)35-23-37-31(29-15-9-7-10-16-29)19-13-21-33(37)39(35)27(5)41-28(6)40-34-22-14-20-32(30-17-11-8-12-18-30)38(34)24-36(40)26(3)4;/h7-28,39-40H,1-6H3;. The van der Waals surface area contributed by atoms with Gasteiger partial charge in [0, 0.05) is 47.2 Å². The van der Waals surface area contributed by atoms with Crippen LogP contribution in [0.4, 0.5) is 0 Å². The Morgan fingerprint density at radius 3 is 1.21 bits per heavy atom. The van der Waals surface area contributed by atoms with Crippen LogP contribution in [0.3, 0.4) is 0 Å². The largest absolute Gasteiger partial charge is 0.0644 e. The smallest absolute Gasteiger partial charge is 0.0462 e. The van der Waals surface area contributed by atoms with Gasteiger partial charge in [0.2, 0.25) is 0 Å². The van der Waals surface area contributed by atoms with Gasteiger partial charge in [-0.2, -0.15) is 0 Å². The van der Waals surface area contributed by atoms with Crippen molar-refractivity contribution in [3.05, 3.63) is 130 Å². The van der Waals surface area contributed by atoms with Crippen molar-refractivity contribution in [2.24, 2.45) is 11.8 Å². The zero-order chi connectivity index (χ0) is 28.7. The van der Waals surface area contributed by atoms with E-state index in [1.54, 1.807) is 11.1 Å². The van der Waals surface area contributed by atoms with E-state index in [0.717, 1.165) is 9.52 Å². The van der Waals surface area contributed by atoms with Gasteiger partial charge < -0.3 is 0 Å². The molecule has 2 radical (unpaired) electrons. The van der Waals surface area contributed by atoms with E-state index in [9.17, 15) is 0 Å². The molecule has 0 amide bonds. The summed E-state index contributed by atoms with van der Waals surface area (Å²) in [5.74, 6) is 2.03. The summed E-state index contributed by atoms with van der Waals surface area (Å²) in [7, 11) is 0.874. The van der Waals surface area contributed by atoms with Gasteiger partial charge in [0.15, 0.2) is 0 Å². The topological polar surface area (TPSA) is 0 Å².